The van der Waals surface area contributed by atoms with Gasteiger partial charge in [-0.25, -0.2) is 0 Å². The maximum Gasteiger partial charge on any atom is 0.324 e. The molecular weight excluding hydrogens is 668 g/mol. The van der Waals surface area contributed by atoms with Crippen LogP contribution in [0.25, 0.3) is 65.9 Å². The van der Waals surface area contributed by atoms with Gasteiger partial charge in [-0.3, -0.25) is 9.59 Å². The van der Waals surface area contributed by atoms with Crippen molar-refractivity contribution in [3.05, 3.63) is 80.4 Å². The molecule has 8 aliphatic carbocycles. The number of carbonyl (C=O) groups is 2. The number of hydrogen-bond acceptors (Lipinski definition) is 8. The minimum absolute atomic E-state index is 0.0438. The zero-order chi connectivity index (χ0) is 35.1. The van der Waals surface area contributed by atoms with Crippen molar-refractivity contribution in [1.29, 1.82) is 0 Å². The average molecular weight is 705 g/mol. The van der Waals surface area contributed by atoms with E-state index in [0.717, 1.165) is 24.0 Å². The first-order valence-corrected chi connectivity index (χ1v) is 19.1. The lowest BCUT2D eigenvalue weighted by Gasteiger charge is -2.31. The van der Waals surface area contributed by atoms with E-state index >= 15 is 0 Å². The predicted molar refractivity (Wildman–Crippen MR) is 200 cm³/mol. The molecule has 0 unspecified atom stereocenters. The van der Waals surface area contributed by atoms with E-state index in [1.54, 1.807) is 19.8 Å². The van der Waals surface area contributed by atoms with Crippen LogP contribution in [0, 0.1) is 11.3 Å². The summed E-state index contributed by atoms with van der Waals surface area (Å²) in [7, 11) is 3.24. The molecule has 0 aliphatic heterocycles. The van der Waals surface area contributed by atoms with E-state index in [9.17, 15) is 9.59 Å². The van der Waals surface area contributed by atoms with Crippen LogP contribution in [0.15, 0.2) is 30.4 Å². The van der Waals surface area contributed by atoms with Crippen LogP contribution >= 0.6 is 0 Å². The number of carbonyl (C=O) groups excluding carboxylic acids is 2. The van der Waals surface area contributed by atoms with Crippen LogP contribution < -0.4 is 0 Å². The van der Waals surface area contributed by atoms with Crippen molar-refractivity contribution >= 4 is 66.7 Å². The Labute approximate surface area is 304 Å². The van der Waals surface area contributed by atoms with Crippen LogP contribution in [0.2, 0.25) is 0 Å². The number of fused-ring (bicyclic) bond motifs is 3. The molecule has 0 bridgehead atoms. The van der Waals surface area contributed by atoms with Crippen LogP contribution in [-0.4, -0.2) is 79.0 Å². The van der Waals surface area contributed by atoms with Gasteiger partial charge in [-0.1, -0.05) is 36.4 Å². The van der Waals surface area contributed by atoms with Crippen LogP contribution in [0.1, 0.15) is 67.8 Å². The Balaban J connectivity index is 1.03. The Bertz CT molecular complexity index is 2710. The number of allylic oxidation sites excluding steroid dienone is 3. The highest BCUT2D eigenvalue weighted by Crippen LogP contribution is 2.79. The van der Waals surface area contributed by atoms with Crippen molar-refractivity contribution in [2.24, 2.45) is 11.3 Å². The van der Waals surface area contributed by atoms with Gasteiger partial charge in [0.15, 0.2) is 5.41 Å². The number of esters is 2. The van der Waals surface area contributed by atoms with Gasteiger partial charge >= 0.3 is 11.9 Å². The highest BCUT2D eigenvalue weighted by Gasteiger charge is 2.79. The first-order valence-electron chi connectivity index (χ1n) is 19.1. The normalized spacial score (nSPS) is 23.2. The van der Waals surface area contributed by atoms with Crippen LogP contribution in [0.5, 0.6) is 0 Å². The summed E-state index contributed by atoms with van der Waals surface area (Å²) in [5.74, 6) is -1.12. The van der Waals surface area contributed by atoms with Gasteiger partial charge in [0.25, 0.3) is 0 Å². The zero-order valence-electron chi connectivity index (χ0n) is 29.6. The van der Waals surface area contributed by atoms with Crippen molar-refractivity contribution in [3.8, 4) is 11.1 Å². The Kier molecular flexibility index (Phi) is 5.58. The second-order valence-electron chi connectivity index (χ2n) is 16.1. The fourth-order valence-corrected chi connectivity index (χ4v) is 12.3. The fraction of sp³-hybridized carbons (Fsp3) is 0.378. The Morgan fingerprint density at radius 2 is 1.21 bits per heavy atom. The number of benzene rings is 5. The molecule has 0 saturated heterocycles. The van der Waals surface area contributed by atoms with Crippen LogP contribution in [0.4, 0.5) is 0 Å². The second-order valence-corrected chi connectivity index (χ2v) is 16.1. The Hall–Kier alpha value is -4.60. The molecule has 1 fully saturated rings. The number of ether oxygens (including phenoxy) is 6. The maximum absolute atomic E-state index is 14.6. The molecule has 5 aromatic carbocycles. The smallest absolute Gasteiger partial charge is 0.324 e. The van der Waals surface area contributed by atoms with Gasteiger partial charge in [0.1, 0.15) is 13.2 Å². The number of rotatable bonds is 14. The molecule has 13 rings (SSSR count). The highest BCUT2D eigenvalue weighted by atomic mass is 16.6. The second kappa shape index (κ2) is 9.93. The fourth-order valence-electron chi connectivity index (χ4n) is 12.3. The minimum atomic E-state index is -1.50. The average Bonchev–Trinajstić information content (AvgIpc) is 3.46. The Morgan fingerprint density at radius 3 is 1.89 bits per heavy atom. The van der Waals surface area contributed by atoms with Crippen molar-refractivity contribution in [3.63, 3.8) is 0 Å². The molecule has 4 atom stereocenters. The quantitative estimate of drug-likeness (QED) is 0.0528. The predicted octanol–water partition coefficient (Wildman–Crippen LogP) is 6.82. The number of hydrogen-bond donors (Lipinski definition) is 0. The van der Waals surface area contributed by atoms with Crippen molar-refractivity contribution in [1.82, 2.24) is 0 Å². The van der Waals surface area contributed by atoms with Gasteiger partial charge in [0.2, 0.25) is 0 Å². The Morgan fingerprint density at radius 1 is 0.623 bits per heavy atom. The van der Waals surface area contributed by atoms with Gasteiger partial charge in [0.05, 0.1) is 39.6 Å². The van der Waals surface area contributed by atoms with E-state index in [1.807, 2.05) is 0 Å². The first kappa shape index (κ1) is 29.8. The molecule has 0 spiro atoms. The third-order valence-corrected chi connectivity index (χ3v) is 14.0. The molecule has 1 saturated carbocycles. The summed E-state index contributed by atoms with van der Waals surface area (Å²) in [6, 6.07) is 7.17. The largest absolute Gasteiger partial charge is 0.462 e. The maximum atomic E-state index is 14.6. The minimum Gasteiger partial charge on any atom is -0.462 e. The van der Waals surface area contributed by atoms with Gasteiger partial charge in [-0.15, -0.1) is 0 Å². The lowest BCUT2D eigenvalue weighted by Crippen LogP contribution is -2.34. The molecule has 0 amide bonds. The summed E-state index contributed by atoms with van der Waals surface area (Å²) in [6.45, 7) is 2.22. The van der Waals surface area contributed by atoms with E-state index < -0.39 is 17.4 Å². The van der Waals surface area contributed by atoms with Gasteiger partial charge in [-0.2, -0.15) is 0 Å². The van der Waals surface area contributed by atoms with E-state index in [-0.39, 0.29) is 38.3 Å². The molecule has 8 aliphatic rings. The van der Waals surface area contributed by atoms with Crippen LogP contribution in [0.3, 0.4) is 0 Å². The van der Waals surface area contributed by atoms with Gasteiger partial charge in [-0.05, 0) is 123 Å². The molecule has 53 heavy (non-hydrogen) atoms. The number of methoxy groups -OCH3 is 2. The van der Waals surface area contributed by atoms with Gasteiger partial charge < -0.3 is 28.4 Å². The summed E-state index contributed by atoms with van der Waals surface area (Å²) >= 11 is 0. The van der Waals surface area contributed by atoms with E-state index in [0.29, 0.717) is 38.3 Å². The molecule has 0 heterocycles. The summed E-state index contributed by atoms with van der Waals surface area (Å²) in [5, 5.41) is 11.3. The molecule has 0 aromatic heterocycles. The summed E-state index contributed by atoms with van der Waals surface area (Å²) < 4.78 is 33.5. The van der Waals surface area contributed by atoms with Crippen LogP contribution in [-0.2, 0) is 50.9 Å². The third kappa shape index (κ3) is 3.21. The molecule has 0 radical (unpaired) electrons. The summed E-state index contributed by atoms with van der Waals surface area (Å²) in [4.78, 5) is 29.3. The topological polar surface area (TPSA) is 89.5 Å². The van der Waals surface area contributed by atoms with Crippen molar-refractivity contribution < 1.29 is 38.0 Å². The third-order valence-electron chi connectivity index (χ3n) is 14.0. The molecular formula is C45H36O8. The summed E-state index contributed by atoms with van der Waals surface area (Å²) in [5.41, 5.74) is 14.6. The monoisotopic (exact) mass is 704 g/mol. The lowest BCUT2D eigenvalue weighted by atomic mass is 9.71. The molecule has 8 heteroatoms. The SMILES string of the molecule is COCCOCCOC(=O)C1(C(=O)OCCOCCOC)[C@@H]2c3cc4c5c6c7c8c9c%10c(cc%11c9c9c(cc(c%12c9c8c5c3-%12)[C@@H]21)C%11)C=C[C@@H](C=C6C4)[C@H]%107. The van der Waals surface area contributed by atoms with E-state index in [4.69, 9.17) is 28.4 Å². The summed E-state index contributed by atoms with van der Waals surface area (Å²) in [6.07, 6.45) is 9.09. The standard InChI is InChI=1S/C45H36O8/c1-48-5-7-50-9-11-52-43(46)45(44(47)53-12-10-51-8-6-49-2)41-25-17-23-15-21-13-19-3-4-20-14-22-16-24-18-26(42(41)45)34-33(25)37-31(23)29(21)35-27(19)28(20)36-30(22)32(24)38(34)40(37)39(35)36/h3-4,13-14,17-19,27,41-42H,5-12,15-16H2,1-2H3/t19-,27+,41+,42-/m0/s1. The van der Waals surface area contributed by atoms with E-state index in [2.05, 4.69) is 36.4 Å². The van der Waals surface area contributed by atoms with Gasteiger partial charge in [0, 0.05) is 37.9 Å². The molecule has 8 nitrogen and oxygen atoms in total. The van der Waals surface area contributed by atoms with E-state index in [1.165, 1.54) is 93.2 Å². The van der Waals surface area contributed by atoms with Crippen molar-refractivity contribution in [2.75, 3.05) is 67.1 Å². The molecule has 5 aromatic rings. The highest BCUT2D eigenvalue weighted by molar-refractivity contribution is 6.45. The first-order chi connectivity index (χ1) is 26.1. The molecule has 0 N–H and O–H groups in total. The van der Waals surface area contributed by atoms with Crippen molar-refractivity contribution in [2.45, 2.75) is 30.6 Å². The zero-order valence-corrected chi connectivity index (χ0v) is 29.6. The lowest BCUT2D eigenvalue weighted by molar-refractivity contribution is -0.167. The molecule has 264 valence electrons.